The van der Waals surface area contributed by atoms with Gasteiger partial charge in [0.15, 0.2) is 0 Å². The summed E-state index contributed by atoms with van der Waals surface area (Å²) in [7, 11) is 0. The van der Waals surface area contributed by atoms with Gasteiger partial charge in [0.25, 0.3) is 11.4 Å². The van der Waals surface area contributed by atoms with Crippen LogP contribution in [0.25, 0.3) is 39.3 Å². The minimum atomic E-state index is -4.49. The molecule has 0 unspecified atom stereocenters. The Morgan fingerprint density at radius 2 is 1.67 bits per heavy atom. The molecule has 3 aromatic carbocycles. The van der Waals surface area contributed by atoms with Crippen LogP contribution in [0.4, 0.5) is 13.2 Å². The fraction of sp³-hybridized carbons (Fsp3) is 0.0417. The second-order valence-electron chi connectivity index (χ2n) is 7.25. The van der Waals surface area contributed by atoms with E-state index in [0.717, 1.165) is 12.1 Å². The van der Waals surface area contributed by atoms with Crippen LogP contribution in [-0.2, 0) is 6.18 Å². The lowest BCUT2D eigenvalue weighted by Gasteiger charge is -2.10. The van der Waals surface area contributed by atoms with Crippen molar-refractivity contribution in [3.8, 4) is 28.5 Å². The molecule has 2 heterocycles. The molecule has 2 aromatic heterocycles. The minimum Gasteiger partial charge on any atom is -0.334 e. The lowest BCUT2D eigenvalue weighted by molar-refractivity contribution is -0.137. The largest absolute Gasteiger partial charge is 0.416 e. The van der Waals surface area contributed by atoms with Crippen LogP contribution < -0.4 is 5.56 Å². The maximum absolute atomic E-state index is 13.1. The molecule has 0 saturated carbocycles. The smallest absolute Gasteiger partial charge is 0.334 e. The molecular formula is C24H13ClF3N3O2. The van der Waals surface area contributed by atoms with Crippen molar-refractivity contribution in [1.29, 1.82) is 0 Å². The number of nitrogens with zero attached hydrogens (tertiary/aromatic N) is 3. The summed E-state index contributed by atoms with van der Waals surface area (Å²) in [6.07, 6.45) is -2.94. The van der Waals surface area contributed by atoms with Gasteiger partial charge in [-0.1, -0.05) is 53.2 Å². The number of aromatic nitrogens is 3. The summed E-state index contributed by atoms with van der Waals surface area (Å²) in [5.41, 5.74) is 0.0702. The molecule has 0 N–H and O–H groups in total. The zero-order valence-electron chi connectivity index (χ0n) is 16.7. The van der Waals surface area contributed by atoms with E-state index < -0.39 is 11.7 Å². The summed E-state index contributed by atoms with van der Waals surface area (Å²) in [4.78, 5) is 17.4. The number of alkyl halides is 3. The maximum atomic E-state index is 13.1. The highest BCUT2D eigenvalue weighted by Crippen LogP contribution is 2.33. The van der Waals surface area contributed by atoms with Crippen molar-refractivity contribution in [3.63, 3.8) is 0 Å². The topological polar surface area (TPSA) is 60.9 Å². The molecule has 0 bridgehead atoms. The van der Waals surface area contributed by atoms with Crippen molar-refractivity contribution in [2.24, 2.45) is 0 Å². The lowest BCUT2D eigenvalue weighted by Crippen LogP contribution is -2.18. The van der Waals surface area contributed by atoms with Crippen LogP contribution in [0.15, 0.2) is 88.3 Å². The zero-order valence-corrected chi connectivity index (χ0v) is 17.4. The van der Waals surface area contributed by atoms with Gasteiger partial charge in [0.05, 0.1) is 16.8 Å². The van der Waals surface area contributed by atoms with E-state index in [-0.39, 0.29) is 22.8 Å². The summed E-state index contributed by atoms with van der Waals surface area (Å²) in [5.74, 6) is 0.0649. The Balaban J connectivity index is 1.68. The third-order valence-corrected chi connectivity index (χ3v) is 5.35. The lowest BCUT2D eigenvalue weighted by atomic mass is 10.1. The maximum Gasteiger partial charge on any atom is 0.416 e. The number of halogens is 4. The van der Waals surface area contributed by atoms with Crippen molar-refractivity contribution in [2.45, 2.75) is 6.18 Å². The number of hydrogen-bond donors (Lipinski definition) is 0. The van der Waals surface area contributed by atoms with Gasteiger partial charge in [-0.3, -0.25) is 9.36 Å². The van der Waals surface area contributed by atoms with E-state index in [1.807, 2.05) is 0 Å². The van der Waals surface area contributed by atoms with Gasteiger partial charge in [-0.25, -0.2) is 0 Å². The van der Waals surface area contributed by atoms with Crippen LogP contribution in [0, 0.1) is 0 Å². The number of pyridine rings is 1. The van der Waals surface area contributed by atoms with Crippen LogP contribution in [0.5, 0.6) is 0 Å². The van der Waals surface area contributed by atoms with Gasteiger partial charge >= 0.3 is 6.18 Å². The standard InChI is InChI=1S/C24H13ClF3N3O2/c25-16-7-4-8-17(12-16)31-13-20(18-9-1-2-10-19(18)23(31)32)22-29-21(30-33-22)14-5-3-6-15(11-14)24(26,27)28/h1-13H. The Hall–Kier alpha value is -3.91. The SMILES string of the molecule is O=c1c2ccccc2c(-c2nc(-c3cccc(C(F)(F)F)c3)no2)cn1-c1cccc(Cl)c1. The number of rotatable bonds is 3. The second-order valence-corrected chi connectivity index (χ2v) is 7.68. The average molecular weight is 468 g/mol. The van der Waals surface area contributed by atoms with E-state index in [1.54, 1.807) is 54.7 Å². The summed E-state index contributed by atoms with van der Waals surface area (Å²) in [5, 5.41) is 5.31. The van der Waals surface area contributed by atoms with E-state index in [9.17, 15) is 18.0 Å². The van der Waals surface area contributed by atoms with Gasteiger partial charge in [-0.15, -0.1) is 0 Å². The third-order valence-electron chi connectivity index (χ3n) is 5.12. The highest BCUT2D eigenvalue weighted by Gasteiger charge is 2.31. The summed E-state index contributed by atoms with van der Waals surface area (Å²) >= 11 is 6.10. The monoisotopic (exact) mass is 467 g/mol. The molecule has 33 heavy (non-hydrogen) atoms. The summed E-state index contributed by atoms with van der Waals surface area (Å²) in [6, 6.07) is 18.4. The molecule has 0 spiro atoms. The molecule has 5 aromatic rings. The Kier molecular flexibility index (Phi) is 5.02. The van der Waals surface area contributed by atoms with Gasteiger partial charge < -0.3 is 4.52 Å². The minimum absolute atomic E-state index is 0.000636. The first-order valence-corrected chi connectivity index (χ1v) is 10.1. The molecule has 0 saturated heterocycles. The van der Waals surface area contributed by atoms with Crippen molar-refractivity contribution in [3.05, 3.63) is 99.9 Å². The number of hydrogen-bond acceptors (Lipinski definition) is 4. The van der Waals surface area contributed by atoms with Gasteiger partial charge in [0, 0.05) is 27.6 Å². The van der Waals surface area contributed by atoms with E-state index in [2.05, 4.69) is 10.1 Å². The van der Waals surface area contributed by atoms with E-state index >= 15 is 0 Å². The van der Waals surface area contributed by atoms with Gasteiger partial charge in [-0.05, 0) is 36.4 Å². The quantitative estimate of drug-likeness (QED) is 0.309. The van der Waals surface area contributed by atoms with Crippen molar-refractivity contribution >= 4 is 22.4 Å². The highest BCUT2D eigenvalue weighted by atomic mass is 35.5. The molecule has 9 heteroatoms. The first kappa shape index (κ1) is 21.0. The van der Waals surface area contributed by atoms with Crippen molar-refractivity contribution in [2.75, 3.05) is 0 Å². The molecule has 0 aliphatic carbocycles. The molecule has 5 rings (SSSR count). The molecule has 0 radical (unpaired) electrons. The third kappa shape index (κ3) is 3.89. The van der Waals surface area contributed by atoms with Gasteiger partial charge in [-0.2, -0.15) is 18.2 Å². The number of fused-ring (bicyclic) bond motifs is 1. The Labute approximate surface area is 189 Å². The normalized spacial score (nSPS) is 11.8. The predicted octanol–water partition coefficient (Wildman–Crippen LogP) is 6.38. The van der Waals surface area contributed by atoms with Crippen LogP contribution in [0.2, 0.25) is 5.02 Å². The van der Waals surface area contributed by atoms with Crippen molar-refractivity contribution in [1.82, 2.24) is 14.7 Å². The van der Waals surface area contributed by atoms with Crippen molar-refractivity contribution < 1.29 is 17.7 Å². The molecule has 164 valence electrons. The molecule has 0 aliphatic rings. The Bertz CT molecular complexity index is 1560. The molecule has 0 fully saturated rings. The zero-order chi connectivity index (χ0) is 23.2. The van der Waals surface area contributed by atoms with Crippen LogP contribution in [0.3, 0.4) is 0 Å². The molecule has 0 amide bonds. The Morgan fingerprint density at radius 3 is 2.42 bits per heavy atom. The fourth-order valence-electron chi connectivity index (χ4n) is 3.56. The van der Waals surface area contributed by atoms with Crippen LogP contribution in [0.1, 0.15) is 5.56 Å². The summed E-state index contributed by atoms with van der Waals surface area (Å²) < 4.78 is 46.1. The second kappa shape index (κ2) is 7.90. The van der Waals surface area contributed by atoms with Crippen LogP contribution >= 0.6 is 11.6 Å². The first-order chi connectivity index (χ1) is 15.8. The van der Waals surface area contributed by atoms with Gasteiger partial charge in [0.1, 0.15) is 0 Å². The summed E-state index contributed by atoms with van der Waals surface area (Å²) in [6.45, 7) is 0. The molecular weight excluding hydrogens is 455 g/mol. The molecule has 0 atom stereocenters. The van der Waals surface area contributed by atoms with E-state index in [0.29, 0.717) is 27.0 Å². The molecule has 5 nitrogen and oxygen atoms in total. The number of benzene rings is 3. The highest BCUT2D eigenvalue weighted by molar-refractivity contribution is 6.30. The fourth-order valence-corrected chi connectivity index (χ4v) is 3.75. The average Bonchev–Trinajstić information content (AvgIpc) is 3.29. The predicted molar refractivity (Wildman–Crippen MR) is 118 cm³/mol. The van der Waals surface area contributed by atoms with E-state index in [1.165, 1.54) is 16.7 Å². The Morgan fingerprint density at radius 1 is 0.909 bits per heavy atom. The first-order valence-electron chi connectivity index (χ1n) is 9.73. The molecule has 0 aliphatic heterocycles. The van der Waals surface area contributed by atoms with E-state index in [4.69, 9.17) is 16.1 Å². The van der Waals surface area contributed by atoms with Crippen LogP contribution in [-0.4, -0.2) is 14.7 Å². The van der Waals surface area contributed by atoms with Gasteiger partial charge in [0.2, 0.25) is 5.82 Å².